The predicted molar refractivity (Wildman–Crippen MR) is 249 cm³/mol. The Bertz CT molecular complexity index is 3680. The van der Waals surface area contributed by atoms with Crippen LogP contribution in [-0.4, -0.2) is 15.0 Å². The molecule has 4 heterocycles. The van der Waals surface area contributed by atoms with Crippen molar-refractivity contribution in [1.82, 2.24) is 15.0 Å². The molecule has 6 heteroatoms. The predicted octanol–water partition coefficient (Wildman–Crippen LogP) is 13.0. The van der Waals surface area contributed by atoms with E-state index in [1.165, 1.54) is 42.5 Å². The fourth-order valence-electron chi connectivity index (χ4n) is 6.69. The van der Waals surface area contributed by atoms with E-state index in [-0.39, 0.29) is 82.3 Å². The van der Waals surface area contributed by atoms with E-state index in [1.54, 1.807) is 75.4 Å². The van der Waals surface area contributed by atoms with Crippen LogP contribution in [0.5, 0.6) is 0 Å². The molecule has 0 saturated heterocycles. The molecule has 0 aliphatic heterocycles. The minimum absolute atomic E-state index is 0. The van der Waals surface area contributed by atoms with Gasteiger partial charge in [-0.15, -0.1) is 90.0 Å². The molecule has 0 unspecified atom stereocenters. The van der Waals surface area contributed by atoms with Crippen LogP contribution in [0.2, 0.25) is 0 Å². The standard InChI is InChI=1S/C57H47N4O.Ir/c1-57(2,3)34-48-33-54(50-16-10-15-49-51-32-44(35-58)24-28-55(51)62-56(49)50)61-38-47(48)25-21-43-30-41(19-17-39-22-26-52(59-36-39)45-11-6-4-7-12-45)29-42(31-43)20-18-40-23-27-53(60-37-40)46-13-8-5-9-14-46;/h4-11,13,15,22-24,26-33,36-38H,17-21,25,34H2,1-3H3;/q-3;+3/i17D2,18D2,19D2,20D2,21D2,24D,25D2,32D,34D2;. The topological polar surface area (TPSA) is 75.6 Å². The van der Waals surface area contributed by atoms with E-state index in [4.69, 9.17) is 7.16 Å². The van der Waals surface area contributed by atoms with E-state index < -0.39 is 72.3 Å². The number of aromatic nitrogens is 3. The smallest absolute Gasteiger partial charge is 0.501 e. The number of hydrogen-bond donors (Lipinski definition) is 0. The van der Waals surface area contributed by atoms with Crippen LogP contribution < -0.4 is 0 Å². The van der Waals surface area contributed by atoms with Crippen LogP contribution in [0, 0.1) is 34.9 Å². The van der Waals surface area contributed by atoms with Gasteiger partial charge in [0.2, 0.25) is 0 Å². The van der Waals surface area contributed by atoms with Crippen molar-refractivity contribution in [2.24, 2.45) is 5.41 Å². The molecule has 0 spiro atoms. The largest absolute Gasteiger partial charge is 3.00 e. The first kappa shape index (κ1) is 27.5. The Morgan fingerprint density at radius 2 is 1.21 bits per heavy atom. The van der Waals surface area contributed by atoms with Gasteiger partial charge in [-0.25, -0.2) is 0 Å². The molecule has 0 aliphatic rings. The Kier molecular flexibility index (Phi) is 8.42. The molecular weight excluding hydrogens is 949 g/mol. The molecular formula is C57H47IrN4O. The summed E-state index contributed by atoms with van der Waals surface area (Å²) in [6.07, 6.45) is -18.4. The molecule has 5 nitrogen and oxygen atoms in total. The maximum Gasteiger partial charge on any atom is 3.00 e. The van der Waals surface area contributed by atoms with Crippen LogP contribution in [0.1, 0.15) is 87.2 Å². The minimum atomic E-state index is -3.40. The first-order chi connectivity index (χ1) is 36.4. The van der Waals surface area contributed by atoms with E-state index in [0.717, 1.165) is 36.8 Å². The van der Waals surface area contributed by atoms with Crippen LogP contribution in [-0.2, 0) is 64.7 Å². The van der Waals surface area contributed by atoms with Crippen molar-refractivity contribution in [3.8, 4) is 39.8 Å². The maximum absolute atomic E-state index is 9.78. The molecule has 0 fully saturated rings. The van der Waals surface area contributed by atoms with Gasteiger partial charge in [0.1, 0.15) is 5.58 Å². The van der Waals surface area contributed by atoms with Crippen molar-refractivity contribution in [2.75, 3.05) is 0 Å². The molecule has 9 aromatic rings. The van der Waals surface area contributed by atoms with Gasteiger partial charge in [0.25, 0.3) is 0 Å². The molecule has 5 aromatic carbocycles. The molecule has 4 aromatic heterocycles. The zero-order chi connectivity index (χ0) is 56.8. The molecule has 310 valence electrons. The zero-order valence-corrected chi connectivity index (χ0v) is 36.6. The van der Waals surface area contributed by atoms with E-state index in [2.05, 4.69) is 33.2 Å². The second-order valence-electron chi connectivity index (χ2n) is 15.3. The summed E-state index contributed by atoms with van der Waals surface area (Å²) in [5.74, 6) is 0. The zero-order valence-electron chi connectivity index (χ0n) is 50.2. The van der Waals surface area contributed by atoms with E-state index >= 15 is 0 Å². The third-order valence-corrected chi connectivity index (χ3v) is 9.53. The number of nitrogens with zero attached hydrogens (tertiary/aromatic N) is 4. The van der Waals surface area contributed by atoms with Gasteiger partial charge in [-0.3, -0.25) is 0 Å². The van der Waals surface area contributed by atoms with E-state index in [1.807, 2.05) is 6.07 Å². The average Bonchev–Trinajstić information content (AvgIpc) is 4.03. The van der Waals surface area contributed by atoms with Crippen molar-refractivity contribution >= 4 is 21.9 Å². The molecule has 63 heavy (non-hydrogen) atoms. The summed E-state index contributed by atoms with van der Waals surface area (Å²) in [5.41, 5.74) is -2.82. The quantitative estimate of drug-likeness (QED) is 0.108. The van der Waals surface area contributed by atoms with Gasteiger partial charge in [-0.05, 0) is 124 Å². The Balaban J connectivity index is 0.00000822. The van der Waals surface area contributed by atoms with Crippen LogP contribution >= 0.6 is 0 Å². The van der Waals surface area contributed by atoms with Crippen molar-refractivity contribution < 1.29 is 46.5 Å². The molecule has 0 aliphatic carbocycles. The summed E-state index contributed by atoms with van der Waals surface area (Å²) in [6, 6.07) is 38.2. The normalized spacial score (nSPS) is 16.7. The van der Waals surface area contributed by atoms with Crippen molar-refractivity contribution in [2.45, 2.75) is 65.4 Å². The average molecular weight is 1010 g/mol. The van der Waals surface area contributed by atoms with Crippen LogP contribution in [0.3, 0.4) is 0 Å². The molecule has 0 amide bonds. The molecule has 0 radical (unpaired) electrons. The molecule has 0 N–H and O–H groups in total. The molecule has 0 bridgehead atoms. The van der Waals surface area contributed by atoms with Gasteiger partial charge in [0.15, 0.2) is 0 Å². The summed E-state index contributed by atoms with van der Waals surface area (Å²) in [5, 5.41) is 10.3. The Labute approximate surface area is 406 Å². The van der Waals surface area contributed by atoms with Gasteiger partial charge in [0.05, 0.1) is 20.0 Å². The van der Waals surface area contributed by atoms with Gasteiger partial charge in [-0.2, -0.15) is 5.26 Å². The second-order valence-corrected chi connectivity index (χ2v) is 15.3. The summed E-state index contributed by atoms with van der Waals surface area (Å²) in [7, 11) is 0. The summed E-state index contributed by atoms with van der Waals surface area (Å²) >= 11 is 0. The Morgan fingerprint density at radius 3 is 1.75 bits per heavy atom. The summed E-state index contributed by atoms with van der Waals surface area (Å²) < 4.78 is 157. The number of furan rings is 1. The Hall–Kier alpha value is -6.51. The first-order valence-corrected chi connectivity index (χ1v) is 19.7. The monoisotopic (exact) mass is 1010 g/mol. The Morgan fingerprint density at radius 1 is 0.619 bits per heavy atom. The maximum atomic E-state index is 9.78. The minimum Gasteiger partial charge on any atom is -0.501 e. The van der Waals surface area contributed by atoms with Crippen LogP contribution in [0.4, 0.5) is 0 Å². The molecule has 9 rings (SSSR count). The second kappa shape index (κ2) is 19.3. The number of hydrogen-bond acceptors (Lipinski definition) is 5. The van der Waals surface area contributed by atoms with Crippen molar-refractivity contribution in [3.63, 3.8) is 0 Å². The third-order valence-electron chi connectivity index (χ3n) is 9.53. The van der Waals surface area contributed by atoms with Gasteiger partial charge >= 0.3 is 20.1 Å². The number of aryl methyl sites for hydroxylation is 6. The fraction of sp³-hybridized carbons (Fsp3) is 0.193. The van der Waals surface area contributed by atoms with Gasteiger partial charge in [0, 0.05) is 43.2 Å². The third kappa shape index (κ3) is 10.4. The number of nitriles is 1. The number of benzene rings is 5. The fourth-order valence-corrected chi connectivity index (χ4v) is 6.69. The number of rotatable bonds is 13. The summed E-state index contributed by atoms with van der Waals surface area (Å²) in [4.78, 5) is 13.3. The van der Waals surface area contributed by atoms with Gasteiger partial charge < -0.3 is 19.4 Å². The number of fused-ring (bicyclic) bond motifs is 3. The molecule has 0 atom stereocenters. The van der Waals surface area contributed by atoms with E-state index in [0.29, 0.717) is 27.9 Å². The SMILES string of the molecule is [2H]c1cc2oc3c(-c4cc(C([2H])([2H])C(C)(C)C)c(C([2H])([2H])C([2H])([2H])c5cc(C([2H])([2H])C([2H])([2H])c6ccc(-c7[c-]cccc7)nc6)cc(C([2H])([2H])C([2H])([2H])c6ccc(-c7[c-]cccc7)nc6)c5)cn4)[c-]ccc3c2c([2H])c1C#N.[Ir+3]. The van der Waals surface area contributed by atoms with Crippen molar-refractivity contribution in [3.05, 3.63) is 209 Å². The van der Waals surface area contributed by atoms with Crippen LogP contribution in [0.15, 0.2) is 150 Å². The van der Waals surface area contributed by atoms with E-state index in [9.17, 15) is 24.5 Å². The molecule has 0 saturated carbocycles. The van der Waals surface area contributed by atoms with Gasteiger partial charge in [-0.1, -0.05) is 80.3 Å². The number of pyridine rings is 3. The van der Waals surface area contributed by atoms with Crippen molar-refractivity contribution in [1.29, 1.82) is 5.26 Å². The summed E-state index contributed by atoms with van der Waals surface area (Å²) in [6.45, 7) is 4.67. The first-order valence-electron chi connectivity index (χ1n) is 27.7. The van der Waals surface area contributed by atoms with Crippen LogP contribution in [0.25, 0.3) is 55.7 Å².